The Morgan fingerprint density at radius 1 is 1.21 bits per heavy atom. The van der Waals surface area contributed by atoms with E-state index in [9.17, 15) is 4.79 Å². The second-order valence-corrected chi connectivity index (χ2v) is 4.24. The van der Waals surface area contributed by atoms with E-state index < -0.39 is 5.97 Å². The summed E-state index contributed by atoms with van der Waals surface area (Å²) in [7, 11) is 1.30. The van der Waals surface area contributed by atoms with Gasteiger partial charge in [-0.25, -0.2) is 4.79 Å². The quantitative estimate of drug-likeness (QED) is 0.689. The van der Waals surface area contributed by atoms with E-state index >= 15 is 0 Å². The van der Waals surface area contributed by atoms with E-state index in [1.54, 1.807) is 36.4 Å². The first kappa shape index (κ1) is 13.2. The predicted molar refractivity (Wildman–Crippen MR) is 73.7 cm³/mol. The number of anilines is 1. The lowest BCUT2D eigenvalue weighted by Crippen LogP contribution is -2.04. The molecule has 0 unspecified atom stereocenters. The minimum absolute atomic E-state index is 0.266. The van der Waals surface area contributed by atoms with Crippen LogP contribution in [0.25, 0.3) is 0 Å². The van der Waals surface area contributed by atoms with Crippen molar-refractivity contribution < 1.29 is 14.3 Å². The normalized spacial score (nSPS) is 10.0. The van der Waals surface area contributed by atoms with Crippen LogP contribution in [0.4, 0.5) is 5.69 Å². The number of carbonyl (C=O) groups excluding carboxylic acids is 1. The van der Waals surface area contributed by atoms with Crippen LogP contribution in [0.15, 0.2) is 42.5 Å². The molecule has 2 aromatic rings. The highest BCUT2D eigenvalue weighted by Crippen LogP contribution is 2.29. The number of esters is 1. The Morgan fingerprint density at radius 3 is 2.68 bits per heavy atom. The molecule has 2 aromatic carbocycles. The summed E-state index contributed by atoms with van der Waals surface area (Å²) < 4.78 is 10.3. The Balaban J connectivity index is 2.37. The van der Waals surface area contributed by atoms with Crippen molar-refractivity contribution >= 4 is 23.3 Å². The second-order valence-electron chi connectivity index (χ2n) is 3.81. The molecule has 0 fully saturated rings. The molecule has 0 aliphatic rings. The van der Waals surface area contributed by atoms with E-state index in [0.717, 1.165) is 0 Å². The van der Waals surface area contributed by atoms with Gasteiger partial charge in [0.05, 0.1) is 7.11 Å². The Bertz CT molecular complexity index is 613. The number of hydrogen-bond acceptors (Lipinski definition) is 4. The Kier molecular flexibility index (Phi) is 3.92. The zero-order valence-electron chi connectivity index (χ0n) is 10.2. The second kappa shape index (κ2) is 5.63. The van der Waals surface area contributed by atoms with Crippen molar-refractivity contribution in [3.05, 3.63) is 53.1 Å². The zero-order chi connectivity index (χ0) is 13.8. The third kappa shape index (κ3) is 3.17. The topological polar surface area (TPSA) is 61.5 Å². The molecule has 98 valence electrons. The summed E-state index contributed by atoms with van der Waals surface area (Å²) in [6.45, 7) is 0. The Morgan fingerprint density at radius 2 is 2.00 bits per heavy atom. The van der Waals surface area contributed by atoms with Crippen molar-refractivity contribution in [3.63, 3.8) is 0 Å². The van der Waals surface area contributed by atoms with Gasteiger partial charge in [-0.3, -0.25) is 0 Å². The lowest BCUT2D eigenvalue weighted by Gasteiger charge is -2.10. The van der Waals surface area contributed by atoms with Crippen LogP contribution in [-0.4, -0.2) is 13.1 Å². The van der Waals surface area contributed by atoms with Crippen LogP contribution < -0.4 is 10.5 Å². The molecule has 0 saturated carbocycles. The van der Waals surface area contributed by atoms with Gasteiger partial charge in [0.2, 0.25) is 0 Å². The first-order chi connectivity index (χ1) is 9.10. The van der Waals surface area contributed by atoms with Crippen LogP contribution in [0.2, 0.25) is 5.02 Å². The first-order valence-corrected chi connectivity index (χ1v) is 5.89. The maximum atomic E-state index is 11.7. The number of ether oxygens (including phenoxy) is 2. The van der Waals surface area contributed by atoms with E-state index in [4.69, 9.17) is 26.8 Å². The van der Waals surface area contributed by atoms with Gasteiger partial charge in [0.15, 0.2) is 0 Å². The summed E-state index contributed by atoms with van der Waals surface area (Å²) in [6, 6.07) is 11.6. The molecule has 0 atom stereocenters. The molecular weight excluding hydrogens is 266 g/mol. The minimum Gasteiger partial charge on any atom is -0.465 e. The number of nitrogen functional groups attached to an aromatic ring is 1. The number of benzene rings is 2. The lowest BCUT2D eigenvalue weighted by atomic mass is 10.2. The highest BCUT2D eigenvalue weighted by Gasteiger charge is 2.14. The van der Waals surface area contributed by atoms with Crippen LogP contribution in [0.1, 0.15) is 10.4 Å². The summed E-state index contributed by atoms with van der Waals surface area (Å²) in [5, 5.41) is 0.549. The summed E-state index contributed by atoms with van der Waals surface area (Å²) in [6.07, 6.45) is 0. The fourth-order valence-corrected chi connectivity index (χ4v) is 1.74. The molecule has 4 nitrogen and oxygen atoms in total. The van der Waals surface area contributed by atoms with Crippen molar-refractivity contribution in [2.24, 2.45) is 0 Å². The zero-order valence-corrected chi connectivity index (χ0v) is 11.0. The van der Waals surface area contributed by atoms with Gasteiger partial charge >= 0.3 is 5.97 Å². The molecule has 0 bridgehead atoms. The maximum absolute atomic E-state index is 11.7. The van der Waals surface area contributed by atoms with Gasteiger partial charge in [-0.2, -0.15) is 0 Å². The molecule has 2 rings (SSSR count). The molecule has 0 saturated heterocycles. The van der Waals surface area contributed by atoms with Crippen LogP contribution in [0, 0.1) is 0 Å². The van der Waals surface area contributed by atoms with Crippen LogP contribution in [0.3, 0.4) is 0 Å². The predicted octanol–water partition coefficient (Wildman–Crippen LogP) is 3.50. The van der Waals surface area contributed by atoms with Crippen LogP contribution in [0.5, 0.6) is 11.5 Å². The molecule has 0 heterocycles. The molecule has 0 amide bonds. The van der Waals surface area contributed by atoms with Crippen LogP contribution >= 0.6 is 11.6 Å². The van der Waals surface area contributed by atoms with E-state index in [1.165, 1.54) is 13.2 Å². The summed E-state index contributed by atoms with van der Waals surface area (Å²) >= 11 is 5.87. The number of methoxy groups -OCH3 is 1. The fraction of sp³-hybridized carbons (Fsp3) is 0.0714. The van der Waals surface area contributed by atoms with Gasteiger partial charge in [0.25, 0.3) is 0 Å². The molecule has 19 heavy (non-hydrogen) atoms. The Labute approximate surface area is 115 Å². The number of rotatable bonds is 3. The number of halogens is 1. The highest BCUT2D eigenvalue weighted by atomic mass is 35.5. The number of carbonyl (C=O) groups is 1. The molecular formula is C14H12ClNO3. The highest BCUT2D eigenvalue weighted by molar-refractivity contribution is 6.30. The number of nitrogens with two attached hydrogens (primary N) is 1. The van der Waals surface area contributed by atoms with Crippen LogP contribution in [-0.2, 0) is 4.74 Å². The van der Waals surface area contributed by atoms with E-state index in [0.29, 0.717) is 22.2 Å². The van der Waals surface area contributed by atoms with Gasteiger partial charge in [-0.05, 0) is 36.4 Å². The third-order valence-electron chi connectivity index (χ3n) is 2.43. The molecule has 5 heteroatoms. The van der Waals surface area contributed by atoms with Crippen molar-refractivity contribution in [1.82, 2.24) is 0 Å². The molecule has 0 aromatic heterocycles. The smallest absolute Gasteiger partial charge is 0.341 e. The average Bonchev–Trinajstić information content (AvgIpc) is 2.40. The van der Waals surface area contributed by atoms with Crippen molar-refractivity contribution in [2.75, 3.05) is 12.8 Å². The molecule has 0 aliphatic heterocycles. The van der Waals surface area contributed by atoms with Gasteiger partial charge in [0.1, 0.15) is 17.1 Å². The van der Waals surface area contributed by atoms with E-state index in [2.05, 4.69) is 0 Å². The molecule has 0 aliphatic carbocycles. The third-order valence-corrected chi connectivity index (χ3v) is 2.67. The molecule has 2 N–H and O–H groups in total. The van der Waals surface area contributed by atoms with Gasteiger partial charge in [0, 0.05) is 10.7 Å². The van der Waals surface area contributed by atoms with E-state index in [1.807, 2.05) is 0 Å². The maximum Gasteiger partial charge on any atom is 0.341 e. The number of hydrogen-bond donors (Lipinski definition) is 1. The summed E-state index contributed by atoms with van der Waals surface area (Å²) in [5.74, 6) is 0.384. The molecule has 0 spiro atoms. The van der Waals surface area contributed by atoms with Gasteiger partial charge in [-0.15, -0.1) is 0 Å². The fourth-order valence-electron chi connectivity index (χ4n) is 1.56. The van der Waals surface area contributed by atoms with Gasteiger partial charge < -0.3 is 15.2 Å². The standard InChI is InChI=1S/C14H12ClNO3/c1-18-14(17)12-8-10(16)5-6-13(12)19-11-4-2-3-9(15)7-11/h2-8H,16H2,1H3. The summed E-state index contributed by atoms with van der Waals surface area (Å²) in [4.78, 5) is 11.7. The largest absolute Gasteiger partial charge is 0.465 e. The minimum atomic E-state index is -0.510. The van der Waals surface area contributed by atoms with Crippen molar-refractivity contribution in [3.8, 4) is 11.5 Å². The lowest BCUT2D eigenvalue weighted by molar-refractivity contribution is 0.0598. The van der Waals surface area contributed by atoms with Gasteiger partial charge in [-0.1, -0.05) is 17.7 Å². The average molecular weight is 278 g/mol. The van der Waals surface area contributed by atoms with Crippen molar-refractivity contribution in [1.29, 1.82) is 0 Å². The molecule has 0 radical (unpaired) electrons. The van der Waals surface area contributed by atoms with Crippen molar-refractivity contribution in [2.45, 2.75) is 0 Å². The SMILES string of the molecule is COC(=O)c1cc(N)ccc1Oc1cccc(Cl)c1. The first-order valence-electron chi connectivity index (χ1n) is 5.51. The summed E-state index contributed by atoms with van der Waals surface area (Å²) in [5.41, 5.74) is 6.38. The van der Waals surface area contributed by atoms with E-state index in [-0.39, 0.29) is 5.56 Å². The monoisotopic (exact) mass is 277 g/mol. The Hall–Kier alpha value is -2.20.